The van der Waals surface area contributed by atoms with Gasteiger partial charge in [-0.15, -0.1) is 0 Å². The Morgan fingerprint density at radius 2 is 1.71 bits per heavy atom. The second kappa shape index (κ2) is 4.37. The zero-order valence-corrected chi connectivity index (χ0v) is 10.5. The third kappa shape index (κ3) is 2.13. The first kappa shape index (κ1) is 11.6. The standard InChI is InChI=1S/C13H25N/c1-6-8-11-12(9-7-2)14(5)10-13(11,3)4/h6-10H2,1-5H3. The maximum atomic E-state index is 2.47. The molecule has 0 bridgehead atoms. The van der Waals surface area contributed by atoms with Crippen molar-refractivity contribution in [1.29, 1.82) is 0 Å². The lowest BCUT2D eigenvalue weighted by Gasteiger charge is -2.22. The summed E-state index contributed by atoms with van der Waals surface area (Å²) in [5.41, 5.74) is 3.75. The second-order valence-corrected chi connectivity index (χ2v) is 5.17. The molecule has 0 unspecified atom stereocenters. The van der Waals surface area contributed by atoms with E-state index in [2.05, 4.69) is 39.6 Å². The van der Waals surface area contributed by atoms with Crippen molar-refractivity contribution in [2.75, 3.05) is 13.6 Å². The molecule has 0 radical (unpaired) electrons. The lowest BCUT2D eigenvalue weighted by molar-refractivity contribution is 0.333. The fourth-order valence-electron chi connectivity index (χ4n) is 2.72. The molecule has 1 heterocycles. The molecule has 1 aliphatic rings. The molecule has 0 spiro atoms. The third-order valence-electron chi connectivity index (χ3n) is 3.25. The van der Waals surface area contributed by atoms with Crippen LogP contribution in [0.5, 0.6) is 0 Å². The van der Waals surface area contributed by atoms with Crippen molar-refractivity contribution in [3.63, 3.8) is 0 Å². The molecule has 1 nitrogen and oxygen atoms in total. The molecule has 0 aromatic carbocycles. The third-order valence-corrected chi connectivity index (χ3v) is 3.25. The van der Waals surface area contributed by atoms with Crippen LogP contribution in [0.3, 0.4) is 0 Å². The second-order valence-electron chi connectivity index (χ2n) is 5.17. The molecule has 1 heteroatoms. The molecule has 0 aliphatic carbocycles. The normalized spacial score (nSPS) is 20.8. The van der Waals surface area contributed by atoms with Gasteiger partial charge in [-0.05, 0) is 18.4 Å². The topological polar surface area (TPSA) is 3.24 Å². The van der Waals surface area contributed by atoms with Gasteiger partial charge in [0.15, 0.2) is 0 Å². The number of allylic oxidation sites excluding steroid dienone is 1. The van der Waals surface area contributed by atoms with Gasteiger partial charge >= 0.3 is 0 Å². The average Bonchev–Trinajstić information content (AvgIpc) is 2.28. The van der Waals surface area contributed by atoms with Gasteiger partial charge in [-0.25, -0.2) is 0 Å². The van der Waals surface area contributed by atoms with Gasteiger partial charge in [0.2, 0.25) is 0 Å². The van der Waals surface area contributed by atoms with Crippen LogP contribution >= 0.6 is 0 Å². The highest BCUT2D eigenvalue weighted by atomic mass is 15.1. The Bertz CT molecular complexity index is 225. The fourth-order valence-corrected chi connectivity index (χ4v) is 2.72. The van der Waals surface area contributed by atoms with E-state index in [1.807, 2.05) is 0 Å². The summed E-state index contributed by atoms with van der Waals surface area (Å²) in [6.07, 6.45) is 5.09. The van der Waals surface area contributed by atoms with Gasteiger partial charge in [-0.3, -0.25) is 0 Å². The highest BCUT2D eigenvalue weighted by Gasteiger charge is 2.34. The summed E-state index contributed by atoms with van der Waals surface area (Å²) in [5, 5.41) is 0. The lowest BCUT2D eigenvalue weighted by atomic mass is 9.83. The fraction of sp³-hybridized carbons (Fsp3) is 0.846. The van der Waals surface area contributed by atoms with E-state index in [0.29, 0.717) is 5.41 Å². The summed E-state index contributed by atoms with van der Waals surface area (Å²) in [4.78, 5) is 2.47. The molecular formula is C13H25N. The highest BCUT2D eigenvalue weighted by molar-refractivity contribution is 5.26. The first-order valence-electron chi connectivity index (χ1n) is 5.96. The van der Waals surface area contributed by atoms with E-state index in [-0.39, 0.29) is 0 Å². The molecule has 0 fully saturated rings. The van der Waals surface area contributed by atoms with E-state index in [4.69, 9.17) is 0 Å². The minimum atomic E-state index is 0.412. The summed E-state index contributed by atoms with van der Waals surface area (Å²) in [5.74, 6) is 0. The first-order valence-corrected chi connectivity index (χ1v) is 5.96. The molecule has 0 atom stereocenters. The molecule has 1 rings (SSSR count). The number of rotatable bonds is 4. The van der Waals surface area contributed by atoms with Gasteiger partial charge in [0.1, 0.15) is 0 Å². The van der Waals surface area contributed by atoms with Crippen molar-refractivity contribution in [2.24, 2.45) is 5.41 Å². The summed E-state index contributed by atoms with van der Waals surface area (Å²) < 4.78 is 0. The minimum absolute atomic E-state index is 0.412. The average molecular weight is 195 g/mol. The molecule has 1 aliphatic heterocycles. The van der Waals surface area contributed by atoms with Crippen LogP contribution in [0.4, 0.5) is 0 Å². The number of hydrogen-bond acceptors (Lipinski definition) is 1. The van der Waals surface area contributed by atoms with Crippen molar-refractivity contribution >= 4 is 0 Å². The first-order chi connectivity index (χ1) is 6.53. The van der Waals surface area contributed by atoms with E-state index in [9.17, 15) is 0 Å². The Kier molecular flexibility index (Phi) is 3.63. The zero-order valence-electron chi connectivity index (χ0n) is 10.5. The van der Waals surface area contributed by atoms with E-state index in [1.54, 1.807) is 11.3 Å². The van der Waals surface area contributed by atoms with Crippen molar-refractivity contribution in [1.82, 2.24) is 4.90 Å². The molecule has 0 amide bonds. The summed E-state index contributed by atoms with van der Waals surface area (Å²) >= 11 is 0. The molecular weight excluding hydrogens is 170 g/mol. The number of nitrogens with zero attached hydrogens (tertiary/aromatic N) is 1. The molecule has 0 saturated carbocycles. The largest absolute Gasteiger partial charge is 0.377 e. The van der Waals surface area contributed by atoms with Crippen molar-refractivity contribution in [3.05, 3.63) is 11.3 Å². The summed E-state index contributed by atoms with van der Waals surface area (Å²) in [6, 6.07) is 0. The van der Waals surface area contributed by atoms with Crippen molar-refractivity contribution in [2.45, 2.75) is 53.4 Å². The Morgan fingerprint density at radius 1 is 1.14 bits per heavy atom. The van der Waals surface area contributed by atoms with E-state index in [1.165, 1.54) is 32.2 Å². The van der Waals surface area contributed by atoms with Gasteiger partial charge in [0.25, 0.3) is 0 Å². The van der Waals surface area contributed by atoms with Crippen LogP contribution in [0, 0.1) is 5.41 Å². The van der Waals surface area contributed by atoms with Crippen LogP contribution in [-0.2, 0) is 0 Å². The van der Waals surface area contributed by atoms with Crippen LogP contribution in [0.15, 0.2) is 11.3 Å². The monoisotopic (exact) mass is 195 g/mol. The molecule has 14 heavy (non-hydrogen) atoms. The molecule has 82 valence electrons. The Labute approximate surface area is 89.2 Å². The minimum Gasteiger partial charge on any atom is -0.377 e. The van der Waals surface area contributed by atoms with Crippen LogP contribution in [0.2, 0.25) is 0 Å². The van der Waals surface area contributed by atoms with E-state index in [0.717, 1.165) is 0 Å². The van der Waals surface area contributed by atoms with Crippen LogP contribution in [0.1, 0.15) is 53.4 Å². The van der Waals surface area contributed by atoms with Gasteiger partial charge < -0.3 is 4.90 Å². The Morgan fingerprint density at radius 3 is 2.21 bits per heavy atom. The molecule has 0 saturated heterocycles. The molecule has 0 aromatic rings. The zero-order chi connectivity index (χ0) is 10.8. The molecule has 0 N–H and O–H groups in total. The SMILES string of the molecule is CCCC1=C(CCC)C(C)(C)CN1C. The molecule has 0 aromatic heterocycles. The maximum absolute atomic E-state index is 2.47. The van der Waals surface area contributed by atoms with Crippen LogP contribution in [0.25, 0.3) is 0 Å². The summed E-state index contributed by atoms with van der Waals surface area (Å²) in [6.45, 7) is 10.5. The van der Waals surface area contributed by atoms with Crippen LogP contribution < -0.4 is 0 Å². The lowest BCUT2D eigenvalue weighted by Crippen LogP contribution is -2.22. The predicted molar refractivity (Wildman–Crippen MR) is 63.3 cm³/mol. The highest BCUT2D eigenvalue weighted by Crippen LogP contribution is 2.41. The van der Waals surface area contributed by atoms with Gasteiger partial charge in [-0.1, -0.05) is 40.5 Å². The Hall–Kier alpha value is -0.460. The quantitative estimate of drug-likeness (QED) is 0.659. The van der Waals surface area contributed by atoms with Gasteiger partial charge in [-0.2, -0.15) is 0 Å². The summed E-state index contributed by atoms with van der Waals surface area (Å²) in [7, 11) is 2.25. The smallest absolute Gasteiger partial charge is 0.0261 e. The maximum Gasteiger partial charge on any atom is 0.0261 e. The van der Waals surface area contributed by atoms with Gasteiger partial charge in [0.05, 0.1) is 0 Å². The van der Waals surface area contributed by atoms with E-state index < -0.39 is 0 Å². The van der Waals surface area contributed by atoms with Crippen LogP contribution in [-0.4, -0.2) is 18.5 Å². The van der Waals surface area contributed by atoms with Crippen molar-refractivity contribution in [3.8, 4) is 0 Å². The van der Waals surface area contributed by atoms with E-state index >= 15 is 0 Å². The number of hydrogen-bond donors (Lipinski definition) is 0. The van der Waals surface area contributed by atoms with Gasteiger partial charge in [0, 0.05) is 24.7 Å². The Balaban J connectivity index is 2.92. The van der Waals surface area contributed by atoms with Crippen molar-refractivity contribution < 1.29 is 0 Å². The predicted octanol–water partition coefficient (Wildman–Crippen LogP) is 3.81.